The lowest BCUT2D eigenvalue weighted by molar-refractivity contribution is 0.0876. The molecule has 1 rings (SSSR count). The first kappa shape index (κ1) is 12.3. The minimum Gasteiger partial charge on any atom is -0.508 e. The van der Waals surface area contributed by atoms with Crippen LogP contribution in [0.5, 0.6) is 11.5 Å². The summed E-state index contributed by atoms with van der Waals surface area (Å²) in [5, 5.41) is 38.2. The molecule has 1 aromatic carbocycles. The van der Waals surface area contributed by atoms with Gasteiger partial charge in [-0.1, -0.05) is 0 Å². The van der Waals surface area contributed by atoms with Gasteiger partial charge in [0.1, 0.15) is 11.5 Å². The number of hydrogen-bond acceptors (Lipinski definition) is 5. The predicted octanol–water partition coefficient (Wildman–Crippen LogP) is -0.819. The van der Waals surface area contributed by atoms with E-state index in [4.69, 9.17) is 15.3 Å². The second-order valence-electron chi connectivity index (χ2n) is 3.24. The standard InChI is InChI=1S/C10H13NO5/c12-4-6(5-13)11-10(16)8-2-1-7(14)3-9(8)15/h1-3,6,12-15H,4-5H2,(H,11,16). The van der Waals surface area contributed by atoms with Crippen LogP contribution in [-0.4, -0.2) is 45.6 Å². The summed E-state index contributed by atoms with van der Waals surface area (Å²) in [5.41, 5.74) is -0.0373. The second-order valence-corrected chi connectivity index (χ2v) is 3.24. The van der Waals surface area contributed by atoms with Crippen LogP contribution < -0.4 is 5.32 Å². The number of hydrogen-bond donors (Lipinski definition) is 5. The number of nitrogens with one attached hydrogen (secondary N) is 1. The quantitative estimate of drug-likeness (QED) is 0.461. The molecular weight excluding hydrogens is 214 g/mol. The molecule has 0 radical (unpaired) electrons. The number of rotatable bonds is 4. The zero-order valence-corrected chi connectivity index (χ0v) is 8.42. The molecule has 0 aromatic heterocycles. The Balaban J connectivity index is 2.80. The van der Waals surface area contributed by atoms with Gasteiger partial charge >= 0.3 is 0 Å². The monoisotopic (exact) mass is 227 g/mol. The van der Waals surface area contributed by atoms with E-state index in [1.165, 1.54) is 12.1 Å². The molecule has 1 amide bonds. The summed E-state index contributed by atoms with van der Waals surface area (Å²) in [7, 11) is 0. The number of aliphatic hydroxyl groups is 2. The van der Waals surface area contributed by atoms with Gasteiger partial charge in [-0.15, -0.1) is 0 Å². The van der Waals surface area contributed by atoms with E-state index in [0.29, 0.717) is 0 Å². The number of amides is 1. The number of carbonyl (C=O) groups excluding carboxylic acids is 1. The molecule has 0 saturated carbocycles. The number of aromatic hydroxyl groups is 2. The normalized spacial score (nSPS) is 10.4. The lowest BCUT2D eigenvalue weighted by Gasteiger charge is -2.13. The molecule has 0 fully saturated rings. The highest BCUT2D eigenvalue weighted by Crippen LogP contribution is 2.22. The van der Waals surface area contributed by atoms with Gasteiger partial charge < -0.3 is 25.7 Å². The highest BCUT2D eigenvalue weighted by atomic mass is 16.3. The van der Waals surface area contributed by atoms with Gasteiger partial charge in [0.2, 0.25) is 0 Å². The van der Waals surface area contributed by atoms with Crippen LogP contribution in [0, 0.1) is 0 Å². The Morgan fingerprint density at radius 1 is 1.25 bits per heavy atom. The van der Waals surface area contributed by atoms with E-state index >= 15 is 0 Å². The number of benzene rings is 1. The zero-order valence-electron chi connectivity index (χ0n) is 8.42. The molecule has 0 spiro atoms. The number of aliphatic hydroxyl groups excluding tert-OH is 2. The van der Waals surface area contributed by atoms with Crippen LogP contribution in [0.15, 0.2) is 18.2 Å². The largest absolute Gasteiger partial charge is 0.508 e. The van der Waals surface area contributed by atoms with Crippen molar-refractivity contribution in [2.45, 2.75) is 6.04 Å². The van der Waals surface area contributed by atoms with Crippen molar-refractivity contribution in [3.8, 4) is 11.5 Å². The SMILES string of the molecule is O=C(NC(CO)CO)c1ccc(O)cc1O. The Morgan fingerprint density at radius 2 is 1.88 bits per heavy atom. The first-order valence-electron chi connectivity index (χ1n) is 4.63. The maximum atomic E-state index is 11.5. The van der Waals surface area contributed by atoms with Crippen molar-refractivity contribution >= 4 is 5.91 Å². The maximum absolute atomic E-state index is 11.5. The number of phenolic OH excluding ortho intramolecular Hbond substituents is 2. The van der Waals surface area contributed by atoms with Gasteiger partial charge in [-0.25, -0.2) is 0 Å². The predicted molar refractivity (Wildman–Crippen MR) is 55.2 cm³/mol. The smallest absolute Gasteiger partial charge is 0.255 e. The maximum Gasteiger partial charge on any atom is 0.255 e. The molecule has 0 heterocycles. The van der Waals surface area contributed by atoms with Gasteiger partial charge in [-0.05, 0) is 12.1 Å². The molecule has 88 valence electrons. The Hall–Kier alpha value is -1.79. The average molecular weight is 227 g/mol. The van der Waals surface area contributed by atoms with Crippen LogP contribution in [0.25, 0.3) is 0 Å². The molecular formula is C10H13NO5. The summed E-state index contributed by atoms with van der Waals surface area (Å²) in [6.07, 6.45) is 0. The molecule has 0 aliphatic heterocycles. The topological polar surface area (TPSA) is 110 Å². The van der Waals surface area contributed by atoms with Crippen molar-refractivity contribution in [2.75, 3.05) is 13.2 Å². The van der Waals surface area contributed by atoms with E-state index in [9.17, 15) is 9.90 Å². The van der Waals surface area contributed by atoms with Crippen molar-refractivity contribution < 1.29 is 25.2 Å². The summed E-state index contributed by atoms with van der Waals surface area (Å²) < 4.78 is 0. The highest BCUT2D eigenvalue weighted by Gasteiger charge is 2.15. The van der Waals surface area contributed by atoms with Gasteiger partial charge in [0.05, 0.1) is 24.8 Å². The third-order valence-electron chi connectivity index (χ3n) is 2.00. The third kappa shape index (κ3) is 2.85. The van der Waals surface area contributed by atoms with Crippen LogP contribution >= 0.6 is 0 Å². The van der Waals surface area contributed by atoms with Crippen LogP contribution in [-0.2, 0) is 0 Å². The minimum absolute atomic E-state index is 0.0373. The molecule has 0 aliphatic rings. The van der Waals surface area contributed by atoms with Gasteiger partial charge in [0.15, 0.2) is 0 Å². The fraction of sp³-hybridized carbons (Fsp3) is 0.300. The number of phenols is 2. The van der Waals surface area contributed by atoms with Crippen LogP contribution in [0.3, 0.4) is 0 Å². The lowest BCUT2D eigenvalue weighted by Crippen LogP contribution is -2.40. The summed E-state index contributed by atoms with van der Waals surface area (Å²) >= 11 is 0. The molecule has 16 heavy (non-hydrogen) atoms. The van der Waals surface area contributed by atoms with E-state index in [2.05, 4.69) is 5.32 Å². The molecule has 0 aliphatic carbocycles. The fourth-order valence-corrected chi connectivity index (χ4v) is 1.12. The molecule has 6 heteroatoms. The van der Waals surface area contributed by atoms with E-state index < -0.39 is 25.2 Å². The Bertz CT molecular complexity index is 375. The average Bonchev–Trinajstić information content (AvgIpc) is 2.25. The molecule has 5 N–H and O–H groups in total. The lowest BCUT2D eigenvalue weighted by atomic mass is 10.1. The summed E-state index contributed by atoms with van der Waals surface area (Å²) in [5.74, 6) is -1.16. The fourth-order valence-electron chi connectivity index (χ4n) is 1.12. The van der Waals surface area contributed by atoms with Gasteiger partial charge in [0, 0.05) is 6.07 Å². The van der Waals surface area contributed by atoms with Crippen LogP contribution in [0.4, 0.5) is 0 Å². The minimum atomic E-state index is -0.777. The van der Waals surface area contributed by atoms with Crippen molar-refractivity contribution in [3.05, 3.63) is 23.8 Å². The molecule has 0 saturated heterocycles. The van der Waals surface area contributed by atoms with E-state index in [0.717, 1.165) is 6.07 Å². The van der Waals surface area contributed by atoms with E-state index in [1.54, 1.807) is 0 Å². The van der Waals surface area contributed by atoms with Crippen LogP contribution in [0.2, 0.25) is 0 Å². The first-order valence-corrected chi connectivity index (χ1v) is 4.63. The van der Waals surface area contributed by atoms with Gasteiger partial charge in [0.25, 0.3) is 5.91 Å². The van der Waals surface area contributed by atoms with E-state index in [1.807, 2.05) is 0 Å². The summed E-state index contributed by atoms with van der Waals surface area (Å²) in [6, 6.07) is 2.75. The van der Waals surface area contributed by atoms with Crippen molar-refractivity contribution in [1.82, 2.24) is 5.32 Å². The second kappa shape index (κ2) is 5.34. The Kier molecular flexibility index (Phi) is 4.10. The van der Waals surface area contributed by atoms with Crippen molar-refractivity contribution in [2.24, 2.45) is 0 Å². The summed E-state index contributed by atoms with van der Waals surface area (Å²) in [4.78, 5) is 11.5. The third-order valence-corrected chi connectivity index (χ3v) is 2.00. The highest BCUT2D eigenvalue weighted by molar-refractivity contribution is 5.97. The Morgan fingerprint density at radius 3 is 2.38 bits per heavy atom. The molecule has 0 unspecified atom stereocenters. The van der Waals surface area contributed by atoms with Crippen molar-refractivity contribution in [3.63, 3.8) is 0 Å². The summed E-state index contributed by atoms with van der Waals surface area (Å²) in [6.45, 7) is -0.803. The first-order chi connectivity index (χ1) is 7.58. The molecule has 6 nitrogen and oxygen atoms in total. The van der Waals surface area contributed by atoms with Gasteiger partial charge in [-0.2, -0.15) is 0 Å². The van der Waals surface area contributed by atoms with Crippen LogP contribution in [0.1, 0.15) is 10.4 Å². The van der Waals surface area contributed by atoms with E-state index in [-0.39, 0.29) is 17.1 Å². The Labute approximate surface area is 91.8 Å². The molecule has 0 atom stereocenters. The molecule has 0 bridgehead atoms. The number of carbonyl (C=O) groups is 1. The molecule has 1 aromatic rings. The van der Waals surface area contributed by atoms with Crippen molar-refractivity contribution in [1.29, 1.82) is 0 Å². The zero-order chi connectivity index (χ0) is 12.1. The van der Waals surface area contributed by atoms with Gasteiger partial charge in [-0.3, -0.25) is 4.79 Å².